The average Bonchev–Trinajstić information content (AvgIpc) is 2.98. The Morgan fingerprint density at radius 1 is 1.14 bits per heavy atom. The minimum absolute atomic E-state index is 0.138. The van der Waals surface area contributed by atoms with Crippen LogP contribution in [-0.4, -0.2) is 16.7 Å². The SMILES string of the molecule is CCCNC(c1ccccc1)C(C)c1nc(C(C)C)no1. The predicted octanol–water partition coefficient (Wildman–Crippen LogP) is 4.04. The fourth-order valence-corrected chi connectivity index (χ4v) is 2.35. The molecule has 0 saturated carbocycles. The van der Waals surface area contributed by atoms with E-state index < -0.39 is 0 Å². The van der Waals surface area contributed by atoms with Crippen molar-refractivity contribution in [3.8, 4) is 0 Å². The number of hydrogen-bond acceptors (Lipinski definition) is 4. The maximum Gasteiger partial charge on any atom is 0.231 e. The zero-order valence-electron chi connectivity index (χ0n) is 13.3. The van der Waals surface area contributed by atoms with Gasteiger partial charge in [-0.25, -0.2) is 0 Å². The highest BCUT2D eigenvalue weighted by atomic mass is 16.5. The van der Waals surface area contributed by atoms with E-state index >= 15 is 0 Å². The van der Waals surface area contributed by atoms with E-state index in [-0.39, 0.29) is 17.9 Å². The van der Waals surface area contributed by atoms with Crippen molar-refractivity contribution in [2.45, 2.75) is 52.0 Å². The van der Waals surface area contributed by atoms with Gasteiger partial charge >= 0.3 is 0 Å². The second-order valence-electron chi connectivity index (χ2n) is 5.78. The molecular formula is C17H25N3O. The molecule has 2 unspecified atom stereocenters. The van der Waals surface area contributed by atoms with Crippen LogP contribution in [-0.2, 0) is 0 Å². The minimum Gasteiger partial charge on any atom is -0.339 e. The van der Waals surface area contributed by atoms with E-state index in [2.05, 4.69) is 67.4 Å². The number of nitrogens with one attached hydrogen (secondary N) is 1. The Morgan fingerprint density at radius 2 is 1.86 bits per heavy atom. The van der Waals surface area contributed by atoms with Gasteiger partial charge in [0.1, 0.15) is 0 Å². The quantitative estimate of drug-likeness (QED) is 0.835. The molecule has 0 amide bonds. The lowest BCUT2D eigenvalue weighted by Gasteiger charge is -2.23. The highest BCUT2D eigenvalue weighted by Gasteiger charge is 2.25. The van der Waals surface area contributed by atoms with Gasteiger partial charge in [0.15, 0.2) is 5.82 Å². The van der Waals surface area contributed by atoms with Gasteiger partial charge in [0, 0.05) is 12.0 Å². The predicted molar refractivity (Wildman–Crippen MR) is 84.3 cm³/mol. The van der Waals surface area contributed by atoms with E-state index in [1.807, 2.05) is 6.07 Å². The number of benzene rings is 1. The number of hydrogen-bond donors (Lipinski definition) is 1. The third-order valence-electron chi connectivity index (χ3n) is 3.64. The largest absolute Gasteiger partial charge is 0.339 e. The molecule has 0 fully saturated rings. The normalized spacial score (nSPS) is 14.3. The first-order valence-electron chi connectivity index (χ1n) is 7.75. The van der Waals surface area contributed by atoms with Gasteiger partial charge in [-0.3, -0.25) is 0 Å². The van der Waals surface area contributed by atoms with E-state index in [1.165, 1.54) is 5.56 Å². The van der Waals surface area contributed by atoms with E-state index in [0.29, 0.717) is 5.89 Å². The lowest BCUT2D eigenvalue weighted by Crippen LogP contribution is -2.26. The summed E-state index contributed by atoms with van der Waals surface area (Å²) in [4.78, 5) is 4.55. The van der Waals surface area contributed by atoms with E-state index in [4.69, 9.17) is 4.52 Å². The summed E-state index contributed by atoms with van der Waals surface area (Å²) in [6, 6.07) is 10.6. The van der Waals surface area contributed by atoms with Gasteiger partial charge in [-0.15, -0.1) is 0 Å². The molecular weight excluding hydrogens is 262 g/mol. The fraction of sp³-hybridized carbons (Fsp3) is 0.529. The molecule has 0 saturated heterocycles. The standard InChI is InChI=1S/C17H25N3O/c1-5-11-18-15(14-9-7-6-8-10-14)13(4)17-19-16(12(2)3)20-21-17/h6-10,12-13,15,18H,5,11H2,1-4H3. The molecule has 1 aromatic heterocycles. The van der Waals surface area contributed by atoms with Gasteiger partial charge in [0.2, 0.25) is 5.89 Å². The van der Waals surface area contributed by atoms with Crippen molar-refractivity contribution in [3.63, 3.8) is 0 Å². The van der Waals surface area contributed by atoms with Gasteiger partial charge in [0.25, 0.3) is 0 Å². The Balaban J connectivity index is 2.22. The van der Waals surface area contributed by atoms with Crippen LogP contribution in [0.1, 0.15) is 69.3 Å². The smallest absolute Gasteiger partial charge is 0.231 e. The summed E-state index contributed by atoms with van der Waals surface area (Å²) < 4.78 is 5.47. The van der Waals surface area contributed by atoms with Crippen LogP contribution in [0, 0.1) is 0 Å². The molecule has 2 rings (SSSR count). The van der Waals surface area contributed by atoms with Crippen LogP contribution in [0.2, 0.25) is 0 Å². The summed E-state index contributed by atoms with van der Waals surface area (Å²) in [5.74, 6) is 1.91. The topological polar surface area (TPSA) is 51.0 Å². The fourth-order valence-electron chi connectivity index (χ4n) is 2.35. The van der Waals surface area contributed by atoms with Gasteiger partial charge in [0.05, 0.1) is 5.92 Å². The average molecular weight is 287 g/mol. The lowest BCUT2D eigenvalue weighted by atomic mass is 9.94. The Bertz CT molecular complexity index is 536. The van der Waals surface area contributed by atoms with E-state index in [9.17, 15) is 0 Å². The van der Waals surface area contributed by atoms with Crippen LogP contribution in [0.15, 0.2) is 34.9 Å². The molecule has 1 aromatic carbocycles. The molecule has 21 heavy (non-hydrogen) atoms. The first-order chi connectivity index (χ1) is 10.1. The van der Waals surface area contributed by atoms with Crippen LogP contribution in [0.4, 0.5) is 0 Å². The van der Waals surface area contributed by atoms with Gasteiger partial charge in [-0.05, 0) is 18.5 Å². The zero-order chi connectivity index (χ0) is 15.2. The maximum absolute atomic E-state index is 5.47. The summed E-state index contributed by atoms with van der Waals surface area (Å²) in [6.07, 6.45) is 1.09. The summed E-state index contributed by atoms with van der Waals surface area (Å²) >= 11 is 0. The molecule has 0 aliphatic rings. The highest BCUT2D eigenvalue weighted by Crippen LogP contribution is 2.30. The Kier molecular flexibility index (Phi) is 5.51. The van der Waals surface area contributed by atoms with Crippen LogP contribution < -0.4 is 5.32 Å². The second-order valence-corrected chi connectivity index (χ2v) is 5.78. The summed E-state index contributed by atoms with van der Waals surface area (Å²) in [5.41, 5.74) is 1.25. The number of aromatic nitrogens is 2. The molecule has 1 heterocycles. The molecule has 0 spiro atoms. The lowest BCUT2D eigenvalue weighted by molar-refractivity contribution is 0.322. The molecule has 0 radical (unpaired) electrons. The van der Waals surface area contributed by atoms with E-state index in [0.717, 1.165) is 18.8 Å². The monoisotopic (exact) mass is 287 g/mol. The zero-order valence-corrected chi connectivity index (χ0v) is 13.3. The van der Waals surface area contributed by atoms with Crippen LogP contribution in [0.5, 0.6) is 0 Å². The molecule has 1 N–H and O–H groups in total. The molecule has 4 nitrogen and oxygen atoms in total. The van der Waals surface area contributed by atoms with Gasteiger partial charge in [-0.2, -0.15) is 4.98 Å². The van der Waals surface area contributed by atoms with Crippen molar-refractivity contribution in [2.75, 3.05) is 6.54 Å². The number of nitrogens with zero attached hydrogens (tertiary/aromatic N) is 2. The highest BCUT2D eigenvalue weighted by molar-refractivity contribution is 5.22. The van der Waals surface area contributed by atoms with Crippen LogP contribution >= 0.6 is 0 Å². The molecule has 0 bridgehead atoms. The molecule has 4 heteroatoms. The Labute approximate surface area is 127 Å². The van der Waals surface area contributed by atoms with Crippen molar-refractivity contribution >= 4 is 0 Å². The van der Waals surface area contributed by atoms with Gasteiger partial charge in [-0.1, -0.05) is 63.2 Å². The van der Waals surface area contributed by atoms with Crippen LogP contribution in [0.3, 0.4) is 0 Å². The molecule has 0 aliphatic carbocycles. The third kappa shape index (κ3) is 3.91. The van der Waals surface area contributed by atoms with Gasteiger partial charge < -0.3 is 9.84 Å². The van der Waals surface area contributed by atoms with Crippen molar-refractivity contribution in [1.82, 2.24) is 15.5 Å². The maximum atomic E-state index is 5.47. The Morgan fingerprint density at radius 3 is 2.43 bits per heavy atom. The van der Waals surface area contributed by atoms with Crippen LogP contribution in [0.25, 0.3) is 0 Å². The third-order valence-corrected chi connectivity index (χ3v) is 3.64. The summed E-state index contributed by atoms with van der Waals surface area (Å²) in [7, 11) is 0. The molecule has 114 valence electrons. The van der Waals surface area contributed by atoms with Crippen molar-refractivity contribution in [3.05, 3.63) is 47.6 Å². The van der Waals surface area contributed by atoms with Crippen molar-refractivity contribution in [2.24, 2.45) is 0 Å². The van der Waals surface area contributed by atoms with E-state index in [1.54, 1.807) is 0 Å². The minimum atomic E-state index is 0.138. The molecule has 2 atom stereocenters. The molecule has 2 aromatic rings. The first kappa shape index (κ1) is 15.7. The second kappa shape index (κ2) is 7.36. The number of rotatable bonds is 7. The van der Waals surface area contributed by atoms with Crippen molar-refractivity contribution in [1.29, 1.82) is 0 Å². The molecule has 0 aliphatic heterocycles. The van der Waals surface area contributed by atoms with Crippen molar-refractivity contribution < 1.29 is 4.52 Å². The summed E-state index contributed by atoms with van der Waals surface area (Å²) in [6.45, 7) is 9.42. The summed E-state index contributed by atoms with van der Waals surface area (Å²) in [5, 5.41) is 7.67. The Hall–Kier alpha value is -1.68. The first-order valence-corrected chi connectivity index (χ1v) is 7.75.